The van der Waals surface area contributed by atoms with Crippen LogP contribution < -0.4 is 5.32 Å². The summed E-state index contributed by atoms with van der Waals surface area (Å²) in [5.74, 6) is -1.99. The highest BCUT2D eigenvalue weighted by Gasteiger charge is 2.27. The van der Waals surface area contributed by atoms with Crippen molar-refractivity contribution < 1.29 is 27.5 Å². The molecule has 0 saturated carbocycles. The Labute approximate surface area is 99.2 Å². The normalized spacial score (nSPS) is 10.8. The van der Waals surface area contributed by atoms with Gasteiger partial charge in [0.05, 0.1) is 6.20 Å². The van der Waals surface area contributed by atoms with E-state index >= 15 is 0 Å². The van der Waals surface area contributed by atoms with Gasteiger partial charge in [0, 0.05) is 12.4 Å². The van der Waals surface area contributed by atoms with Gasteiger partial charge in [-0.25, -0.2) is 9.78 Å². The summed E-state index contributed by atoms with van der Waals surface area (Å²) in [5, 5.41) is 1.55. The Kier molecular flexibility index (Phi) is 4.58. The summed E-state index contributed by atoms with van der Waals surface area (Å²) < 4.78 is 39.7. The monoisotopic (exact) mass is 263 g/mol. The molecule has 0 aliphatic heterocycles. The number of esters is 1. The highest BCUT2D eigenvalue weighted by molar-refractivity contribution is 5.89. The van der Waals surface area contributed by atoms with Crippen LogP contribution >= 0.6 is 0 Å². The van der Waals surface area contributed by atoms with E-state index in [2.05, 4.69) is 14.7 Å². The maximum atomic E-state index is 11.7. The minimum absolute atomic E-state index is 0.138. The fraction of sp³-hybridized carbons (Fsp3) is 0.333. The molecule has 0 unspecified atom stereocenters. The maximum absolute atomic E-state index is 11.7. The van der Waals surface area contributed by atoms with E-state index in [1.165, 1.54) is 12.4 Å². The summed E-state index contributed by atoms with van der Waals surface area (Å²) in [6.45, 7) is -2.29. The van der Waals surface area contributed by atoms with Crippen molar-refractivity contribution in [3.63, 3.8) is 0 Å². The van der Waals surface area contributed by atoms with Crippen molar-refractivity contribution in [3.8, 4) is 0 Å². The smallest absolute Gasteiger partial charge is 0.405 e. The van der Waals surface area contributed by atoms with E-state index in [4.69, 9.17) is 0 Å². The molecule has 0 atom stereocenters. The van der Waals surface area contributed by atoms with Gasteiger partial charge in [-0.15, -0.1) is 0 Å². The number of aromatic nitrogens is 2. The van der Waals surface area contributed by atoms with Gasteiger partial charge in [-0.05, 0) is 0 Å². The first-order chi connectivity index (χ1) is 8.38. The van der Waals surface area contributed by atoms with Crippen molar-refractivity contribution in [2.24, 2.45) is 0 Å². The van der Waals surface area contributed by atoms with E-state index in [-0.39, 0.29) is 5.69 Å². The third-order valence-electron chi connectivity index (χ3n) is 1.59. The van der Waals surface area contributed by atoms with Crippen LogP contribution in [0.3, 0.4) is 0 Å². The molecule has 0 radical (unpaired) electrons. The van der Waals surface area contributed by atoms with Gasteiger partial charge in [0.2, 0.25) is 0 Å². The molecule has 1 amide bonds. The van der Waals surface area contributed by atoms with Crippen molar-refractivity contribution in [1.29, 1.82) is 0 Å². The number of amides is 1. The van der Waals surface area contributed by atoms with Gasteiger partial charge in [-0.1, -0.05) is 0 Å². The number of halogens is 3. The second kappa shape index (κ2) is 5.94. The number of hydrogen-bond donors (Lipinski definition) is 1. The molecule has 0 aromatic carbocycles. The average Bonchev–Trinajstić information content (AvgIpc) is 2.33. The van der Waals surface area contributed by atoms with Crippen LogP contribution in [0.15, 0.2) is 18.6 Å². The van der Waals surface area contributed by atoms with Gasteiger partial charge in [0.25, 0.3) is 5.91 Å². The number of nitrogens with one attached hydrogen (secondary N) is 1. The molecule has 6 nitrogen and oxygen atoms in total. The second-order valence-electron chi connectivity index (χ2n) is 3.06. The largest absolute Gasteiger partial charge is 0.451 e. The van der Waals surface area contributed by atoms with Gasteiger partial charge in [-0.3, -0.25) is 9.78 Å². The molecule has 1 rings (SSSR count). The highest BCUT2D eigenvalue weighted by Crippen LogP contribution is 2.11. The van der Waals surface area contributed by atoms with Gasteiger partial charge >= 0.3 is 12.1 Å². The Morgan fingerprint density at radius 3 is 2.61 bits per heavy atom. The molecular formula is C9H8F3N3O3. The Bertz CT molecular complexity index is 422. The van der Waals surface area contributed by atoms with E-state index in [1.807, 2.05) is 0 Å². The SMILES string of the molecule is O=C(COC(=O)c1cnccn1)NCC(F)(F)F. The Balaban J connectivity index is 2.33. The maximum Gasteiger partial charge on any atom is 0.405 e. The fourth-order valence-corrected chi connectivity index (χ4v) is 0.859. The first-order valence-electron chi connectivity index (χ1n) is 4.65. The number of hydrogen-bond acceptors (Lipinski definition) is 5. The lowest BCUT2D eigenvalue weighted by molar-refractivity contribution is -0.140. The first-order valence-corrected chi connectivity index (χ1v) is 4.65. The Morgan fingerprint density at radius 1 is 1.33 bits per heavy atom. The molecule has 9 heteroatoms. The van der Waals surface area contributed by atoms with E-state index in [9.17, 15) is 22.8 Å². The quantitative estimate of drug-likeness (QED) is 0.791. The number of carbonyl (C=O) groups excluding carboxylic acids is 2. The van der Waals surface area contributed by atoms with E-state index in [0.29, 0.717) is 0 Å². The number of ether oxygens (including phenoxy) is 1. The third kappa shape index (κ3) is 5.23. The molecule has 0 spiro atoms. The molecule has 1 heterocycles. The summed E-state index contributed by atoms with van der Waals surface area (Å²) in [6.07, 6.45) is -0.840. The topological polar surface area (TPSA) is 81.2 Å². The molecule has 0 bridgehead atoms. The molecule has 0 aliphatic rings. The number of alkyl halides is 3. The summed E-state index contributed by atoms with van der Waals surface area (Å²) in [4.78, 5) is 29.3. The lowest BCUT2D eigenvalue weighted by Crippen LogP contribution is -2.36. The van der Waals surface area contributed by atoms with E-state index in [1.54, 1.807) is 5.32 Å². The lowest BCUT2D eigenvalue weighted by Gasteiger charge is -2.08. The molecular weight excluding hydrogens is 255 g/mol. The summed E-state index contributed by atoms with van der Waals surface area (Å²) in [6, 6.07) is 0. The molecule has 0 saturated heterocycles. The molecule has 18 heavy (non-hydrogen) atoms. The zero-order chi connectivity index (χ0) is 13.6. The predicted molar refractivity (Wildman–Crippen MR) is 51.4 cm³/mol. The van der Waals surface area contributed by atoms with Crippen LogP contribution in [0.1, 0.15) is 10.5 Å². The minimum atomic E-state index is -4.51. The average molecular weight is 263 g/mol. The second-order valence-corrected chi connectivity index (χ2v) is 3.06. The van der Waals surface area contributed by atoms with Gasteiger partial charge in [0.15, 0.2) is 12.3 Å². The van der Waals surface area contributed by atoms with Crippen molar-refractivity contribution in [1.82, 2.24) is 15.3 Å². The van der Waals surface area contributed by atoms with Crippen LogP contribution in [0.25, 0.3) is 0 Å². The number of nitrogens with zero attached hydrogens (tertiary/aromatic N) is 2. The molecule has 1 aromatic rings. The van der Waals surface area contributed by atoms with Crippen LogP contribution in [0.5, 0.6) is 0 Å². The Morgan fingerprint density at radius 2 is 2.06 bits per heavy atom. The number of carbonyl (C=O) groups is 2. The van der Waals surface area contributed by atoms with Crippen LogP contribution in [0, 0.1) is 0 Å². The van der Waals surface area contributed by atoms with Crippen LogP contribution in [-0.4, -0.2) is 41.2 Å². The van der Waals surface area contributed by atoms with Crippen LogP contribution in [-0.2, 0) is 9.53 Å². The molecule has 1 aromatic heterocycles. The molecule has 0 fully saturated rings. The summed E-state index contributed by atoms with van der Waals surface area (Å²) in [7, 11) is 0. The zero-order valence-electron chi connectivity index (χ0n) is 8.90. The van der Waals surface area contributed by atoms with Gasteiger partial charge in [-0.2, -0.15) is 13.2 Å². The zero-order valence-corrected chi connectivity index (χ0v) is 8.90. The fourth-order valence-electron chi connectivity index (χ4n) is 0.859. The van der Waals surface area contributed by atoms with Crippen LogP contribution in [0.4, 0.5) is 13.2 Å². The van der Waals surface area contributed by atoms with Crippen molar-refractivity contribution in [2.75, 3.05) is 13.2 Å². The van der Waals surface area contributed by atoms with Crippen LogP contribution in [0.2, 0.25) is 0 Å². The standard InChI is InChI=1S/C9H8F3N3O3/c10-9(11,12)5-15-7(16)4-18-8(17)6-3-13-1-2-14-6/h1-3H,4-5H2,(H,15,16). The third-order valence-corrected chi connectivity index (χ3v) is 1.59. The Hall–Kier alpha value is -2.19. The van der Waals surface area contributed by atoms with E-state index in [0.717, 1.165) is 6.20 Å². The number of rotatable bonds is 4. The minimum Gasteiger partial charge on any atom is -0.451 e. The summed E-state index contributed by atoms with van der Waals surface area (Å²) >= 11 is 0. The van der Waals surface area contributed by atoms with Crippen molar-refractivity contribution in [3.05, 3.63) is 24.3 Å². The molecule has 98 valence electrons. The highest BCUT2D eigenvalue weighted by atomic mass is 19.4. The predicted octanol–water partition coefficient (Wildman–Crippen LogP) is 0.312. The van der Waals surface area contributed by atoms with Crippen molar-refractivity contribution in [2.45, 2.75) is 6.18 Å². The lowest BCUT2D eigenvalue weighted by atomic mass is 10.4. The summed E-state index contributed by atoms with van der Waals surface area (Å²) in [5.41, 5.74) is -0.138. The molecule has 1 N–H and O–H groups in total. The van der Waals surface area contributed by atoms with Gasteiger partial charge in [0.1, 0.15) is 6.54 Å². The van der Waals surface area contributed by atoms with Gasteiger partial charge < -0.3 is 10.1 Å². The first kappa shape index (κ1) is 13.9. The van der Waals surface area contributed by atoms with E-state index < -0.39 is 31.2 Å². The molecule has 0 aliphatic carbocycles. The van der Waals surface area contributed by atoms with Crippen molar-refractivity contribution >= 4 is 11.9 Å².